The highest BCUT2D eigenvalue weighted by atomic mass is 16.5. The van der Waals surface area contributed by atoms with Crippen LogP contribution in [0.15, 0.2) is 48.5 Å². The van der Waals surface area contributed by atoms with Gasteiger partial charge < -0.3 is 9.84 Å². The van der Waals surface area contributed by atoms with Crippen molar-refractivity contribution in [3.63, 3.8) is 0 Å². The lowest BCUT2D eigenvalue weighted by Crippen LogP contribution is -2.14. The Bertz CT molecular complexity index is 583. The Morgan fingerprint density at radius 3 is 2.24 bits per heavy atom. The largest absolute Gasteiger partial charge is 0.457 e. The molecule has 2 rings (SSSR count). The highest BCUT2D eigenvalue weighted by Gasteiger charge is 2.17. The molecule has 0 heterocycles. The van der Waals surface area contributed by atoms with Crippen LogP contribution in [0, 0.1) is 0 Å². The predicted molar refractivity (Wildman–Crippen MR) is 86.9 cm³/mol. The minimum atomic E-state index is -0.542. The number of hydrogen-bond donors (Lipinski definition) is 1. The number of hydrogen-bond acceptors (Lipinski definition) is 2. The quantitative estimate of drug-likeness (QED) is 0.815. The molecule has 0 radical (unpaired) electrons. The van der Waals surface area contributed by atoms with E-state index >= 15 is 0 Å². The van der Waals surface area contributed by atoms with E-state index in [1.54, 1.807) is 6.92 Å². The second-order valence-electron chi connectivity index (χ2n) is 6.08. The molecule has 2 nitrogen and oxygen atoms in total. The summed E-state index contributed by atoms with van der Waals surface area (Å²) in [5, 5.41) is 9.79. The number of rotatable bonds is 5. The Kier molecular flexibility index (Phi) is 4.69. The van der Waals surface area contributed by atoms with E-state index in [1.807, 2.05) is 36.4 Å². The summed E-state index contributed by atoms with van der Waals surface area (Å²) in [6.07, 6.45) is 0.553. The van der Waals surface area contributed by atoms with Crippen molar-refractivity contribution in [3.05, 3.63) is 59.7 Å². The molecule has 112 valence electrons. The van der Waals surface area contributed by atoms with Crippen LogP contribution in [0.5, 0.6) is 11.5 Å². The highest BCUT2D eigenvalue weighted by Crippen LogP contribution is 2.32. The average Bonchev–Trinajstić information content (AvgIpc) is 2.48. The standard InChI is InChI=1S/C19H24O2/c1-5-19(3,4)15-10-12-16(13-11-15)21-18-9-7-6-8-17(18)14(2)20/h6-14,20H,5H2,1-4H3. The van der Waals surface area contributed by atoms with Crippen molar-refractivity contribution in [2.75, 3.05) is 0 Å². The second kappa shape index (κ2) is 6.31. The molecule has 1 N–H and O–H groups in total. The zero-order valence-corrected chi connectivity index (χ0v) is 13.3. The highest BCUT2D eigenvalue weighted by molar-refractivity contribution is 5.40. The molecule has 0 fully saturated rings. The van der Waals surface area contributed by atoms with Crippen LogP contribution in [-0.4, -0.2) is 5.11 Å². The molecule has 2 aromatic carbocycles. The molecule has 0 aromatic heterocycles. The lowest BCUT2D eigenvalue weighted by atomic mass is 9.82. The molecule has 0 saturated carbocycles. The molecule has 2 aromatic rings. The molecule has 1 atom stereocenters. The number of para-hydroxylation sites is 1. The van der Waals surface area contributed by atoms with Crippen molar-refractivity contribution in [1.82, 2.24) is 0 Å². The fourth-order valence-corrected chi connectivity index (χ4v) is 2.22. The SMILES string of the molecule is CCC(C)(C)c1ccc(Oc2ccccc2C(C)O)cc1. The van der Waals surface area contributed by atoms with Gasteiger partial charge in [-0.05, 0) is 42.5 Å². The Labute approximate surface area is 127 Å². The van der Waals surface area contributed by atoms with E-state index in [9.17, 15) is 5.11 Å². The van der Waals surface area contributed by atoms with Crippen molar-refractivity contribution in [2.45, 2.75) is 45.6 Å². The summed E-state index contributed by atoms with van der Waals surface area (Å²) in [6.45, 7) is 8.43. The fourth-order valence-electron chi connectivity index (χ4n) is 2.22. The van der Waals surface area contributed by atoms with Gasteiger partial charge in [0.05, 0.1) is 6.10 Å². The lowest BCUT2D eigenvalue weighted by molar-refractivity contribution is 0.195. The first-order chi connectivity index (χ1) is 9.94. The first kappa shape index (κ1) is 15.6. The third-order valence-corrected chi connectivity index (χ3v) is 4.12. The summed E-state index contributed by atoms with van der Waals surface area (Å²) >= 11 is 0. The van der Waals surface area contributed by atoms with Crippen LogP contribution in [-0.2, 0) is 5.41 Å². The van der Waals surface area contributed by atoms with E-state index in [0.29, 0.717) is 5.75 Å². The number of benzene rings is 2. The van der Waals surface area contributed by atoms with Gasteiger partial charge in [-0.3, -0.25) is 0 Å². The summed E-state index contributed by atoms with van der Waals surface area (Å²) in [5.41, 5.74) is 2.28. The van der Waals surface area contributed by atoms with Gasteiger partial charge in [0.15, 0.2) is 0 Å². The third kappa shape index (κ3) is 3.64. The Balaban J connectivity index is 2.22. The van der Waals surface area contributed by atoms with Crippen LogP contribution < -0.4 is 4.74 Å². The summed E-state index contributed by atoms with van der Waals surface area (Å²) in [4.78, 5) is 0. The van der Waals surface area contributed by atoms with Crippen molar-refractivity contribution >= 4 is 0 Å². The third-order valence-electron chi connectivity index (χ3n) is 4.12. The monoisotopic (exact) mass is 284 g/mol. The van der Waals surface area contributed by atoms with Gasteiger partial charge >= 0.3 is 0 Å². The minimum Gasteiger partial charge on any atom is -0.457 e. The van der Waals surface area contributed by atoms with E-state index in [4.69, 9.17) is 4.74 Å². The van der Waals surface area contributed by atoms with E-state index in [0.717, 1.165) is 17.7 Å². The summed E-state index contributed by atoms with van der Waals surface area (Å²) < 4.78 is 5.91. The van der Waals surface area contributed by atoms with Gasteiger partial charge in [-0.1, -0.05) is 51.1 Å². The van der Waals surface area contributed by atoms with Crippen molar-refractivity contribution < 1.29 is 9.84 Å². The zero-order chi connectivity index (χ0) is 15.5. The van der Waals surface area contributed by atoms with E-state index < -0.39 is 6.10 Å². The van der Waals surface area contributed by atoms with E-state index in [1.165, 1.54) is 5.56 Å². The van der Waals surface area contributed by atoms with Crippen molar-refractivity contribution in [2.24, 2.45) is 0 Å². The molecular formula is C19H24O2. The maximum absolute atomic E-state index is 9.79. The van der Waals surface area contributed by atoms with Gasteiger partial charge in [0, 0.05) is 5.56 Å². The minimum absolute atomic E-state index is 0.177. The molecule has 0 saturated heterocycles. The summed E-state index contributed by atoms with van der Waals surface area (Å²) in [7, 11) is 0. The molecular weight excluding hydrogens is 260 g/mol. The normalized spacial score (nSPS) is 13.0. The molecule has 21 heavy (non-hydrogen) atoms. The number of aliphatic hydroxyl groups excluding tert-OH is 1. The van der Waals surface area contributed by atoms with Crippen LogP contribution >= 0.6 is 0 Å². The number of aliphatic hydroxyl groups is 1. The number of ether oxygens (including phenoxy) is 1. The Hall–Kier alpha value is -1.80. The van der Waals surface area contributed by atoms with Crippen LogP contribution in [0.4, 0.5) is 0 Å². The van der Waals surface area contributed by atoms with Gasteiger partial charge in [-0.15, -0.1) is 0 Å². The Morgan fingerprint density at radius 2 is 1.67 bits per heavy atom. The van der Waals surface area contributed by atoms with Crippen molar-refractivity contribution in [3.8, 4) is 11.5 Å². The van der Waals surface area contributed by atoms with Crippen LogP contribution in [0.1, 0.15) is 51.3 Å². The topological polar surface area (TPSA) is 29.5 Å². The molecule has 2 heteroatoms. The molecule has 0 aliphatic carbocycles. The van der Waals surface area contributed by atoms with Crippen molar-refractivity contribution in [1.29, 1.82) is 0 Å². The molecule has 0 amide bonds. The summed E-state index contributed by atoms with van der Waals surface area (Å²) in [5.74, 6) is 1.49. The predicted octanol–water partition coefficient (Wildman–Crippen LogP) is 5.22. The average molecular weight is 284 g/mol. The molecule has 1 unspecified atom stereocenters. The van der Waals surface area contributed by atoms with Crippen LogP contribution in [0.2, 0.25) is 0 Å². The van der Waals surface area contributed by atoms with Gasteiger partial charge in [0.1, 0.15) is 11.5 Å². The van der Waals surface area contributed by atoms with Crippen LogP contribution in [0.25, 0.3) is 0 Å². The van der Waals surface area contributed by atoms with Gasteiger partial charge in [-0.25, -0.2) is 0 Å². The van der Waals surface area contributed by atoms with Crippen LogP contribution in [0.3, 0.4) is 0 Å². The van der Waals surface area contributed by atoms with E-state index in [-0.39, 0.29) is 5.41 Å². The molecule has 0 aliphatic rings. The lowest BCUT2D eigenvalue weighted by Gasteiger charge is -2.23. The fraction of sp³-hybridized carbons (Fsp3) is 0.368. The first-order valence-corrected chi connectivity index (χ1v) is 7.49. The van der Waals surface area contributed by atoms with Gasteiger partial charge in [-0.2, -0.15) is 0 Å². The second-order valence-corrected chi connectivity index (χ2v) is 6.08. The zero-order valence-electron chi connectivity index (χ0n) is 13.3. The maximum Gasteiger partial charge on any atom is 0.133 e. The van der Waals surface area contributed by atoms with Gasteiger partial charge in [0.2, 0.25) is 0 Å². The molecule has 0 aliphatic heterocycles. The molecule has 0 bridgehead atoms. The summed E-state index contributed by atoms with van der Waals surface area (Å²) in [6, 6.07) is 15.8. The van der Waals surface area contributed by atoms with E-state index in [2.05, 4.69) is 32.9 Å². The maximum atomic E-state index is 9.79. The smallest absolute Gasteiger partial charge is 0.133 e. The first-order valence-electron chi connectivity index (χ1n) is 7.49. The van der Waals surface area contributed by atoms with Gasteiger partial charge in [0.25, 0.3) is 0 Å². The molecule has 0 spiro atoms. The Morgan fingerprint density at radius 1 is 1.05 bits per heavy atom.